The Balaban J connectivity index is 2.21. The lowest BCUT2D eigenvalue weighted by molar-refractivity contribution is -0.114. The van der Waals surface area contributed by atoms with E-state index in [4.69, 9.17) is 0 Å². The lowest BCUT2D eigenvalue weighted by Gasteiger charge is -2.10. The topological polar surface area (TPSA) is 92.3 Å². The Labute approximate surface area is 151 Å². The van der Waals surface area contributed by atoms with Crippen LogP contribution in [-0.4, -0.2) is 20.2 Å². The van der Waals surface area contributed by atoms with Gasteiger partial charge in [0.1, 0.15) is 5.82 Å². The quantitative estimate of drug-likeness (QED) is 0.808. The van der Waals surface area contributed by atoms with Gasteiger partial charge in [0.2, 0.25) is 5.91 Å². The van der Waals surface area contributed by atoms with Crippen molar-refractivity contribution < 1.29 is 22.4 Å². The van der Waals surface area contributed by atoms with Crippen molar-refractivity contribution in [3.8, 4) is 0 Å². The lowest BCUT2D eigenvalue weighted by atomic mass is 10.1. The van der Waals surface area contributed by atoms with Crippen LogP contribution in [-0.2, 0) is 21.2 Å². The fourth-order valence-electron chi connectivity index (χ4n) is 2.32. The minimum absolute atomic E-state index is 0.0464. The molecule has 0 bridgehead atoms. The third-order valence-corrected chi connectivity index (χ3v) is 4.89. The number of nitrogens with one attached hydrogen (secondary N) is 2. The number of rotatable bonds is 6. The number of carbonyl (C=O) groups excluding carboxylic acids is 2. The molecule has 26 heavy (non-hydrogen) atoms. The Morgan fingerprint density at radius 1 is 1.08 bits per heavy atom. The summed E-state index contributed by atoms with van der Waals surface area (Å²) in [7, 11) is -4.07. The van der Waals surface area contributed by atoms with Crippen LogP contribution in [0.5, 0.6) is 0 Å². The first kappa shape index (κ1) is 19.6. The van der Waals surface area contributed by atoms with Crippen molar-refractivity contribution in [2.45, 2.75) is 31.6 Å². The summed E-state index contributed by atoms with van der Waals surface area (Å²) in [6.45, 7) is 3.21. The van der Waals surface area contributed by atoms with E-state index in [2.05, 4.69) is 5.32 Å². The highest BCUT2D eigenvalue weighted by molar-refractivity contribution is 7.90. The predicted octanol–water partition coefficient (Wildman–Crippen LogP) is 2.86. The van der Waals surface area contributed by atoms with Crippen LogP contribution < -0.4 is 10.0 Å². The molecule has 0 atom stereocenters. The Bertz CT molecular complexity index is 925. The molecule has 0 aromatic heterocycles. The van der Waals surface area contributed by atoms with Gasteiger partial charge in [-0.2, -0.15) is 0 Å². The lowest BCUT2D eigenvalue weighted by Crippen LogP contribution is -2.30. The zero-order valence-corrected chi connectivity index (χ0v) is 15.2. The van der Waals surface area contributed by atoms with Crippen LogP contribution in [0.15, 0.2) is 47.4 Å². The van der Waals surface area contributed by atoms with Crippen molar-refractivity contribution in [3.63, 3.8) is 0 Å². The molecule has 0 fully saturated rings. The van der Waals surface area contributed by atoms with Gasteiger partial charge in [-0.3, -0.25) is 9.59 Å². The van der Waals surface area contributed by atoms with Gasteiger partial charge >= 0.3 is 0 Å². The number of carbonyl (C=O) groups is 2. The number of hydrogen-bond donors (Lipinski definition) is 2. The summed E-state index contributed by atoms with van der Waals surface area (Å²) in [6.07, 6.45) is 1.76. The Morgan fingerprint density at radius 3 is 2.31 bits per heavy atom. The standard InChI is InChI=1S/C18H19FN2O4S/c1-3-4-13-5-8-15(9-6-13)26(24,25)21-18(23)14-7-10-16(19)17(11-14)20-12(2)22/h5-11H,3-4H2,1-2H3,(H,20,22)(H,21,23). The van der Waals surface area contributed by atoms with Crippen LogP contribution in [0.1, 0.15) is 36.2 Å². The van der Waals surface area contributed by atoms with Gasteiger partial charge in [0, 0.05) is 12.5 Å². The highest BCUT2D eigenvalue weighted by Crippen LogP contribution is 2.17. The summed E-state index contributed by atoms with van der Waals surface area (Å²) in [4.78, 5) is 23.2. The minimum atomic E-state index is -4.07. The minimum Gasteiger partial charge on any atom is -0.324 e. The van der Waals surface area contributed by atoms with Gasteiger partial charge in [0.05, 0.1) is 10.6 Å². The molecule has 2 N–H and O–H groups in total. The van der Waals surface area contributed by atoms with Crippen LogP contribution in [0.4, 0.5) is 10.1 Å². The van der Waals surface area contributed by atoms with Crippen LogP contribution in [0.3, 0.4) is 0 Å². The van der Waals surface area contributed by atoms with Gasteiger partial charge in [-0.15, -0.1) is 0 Å². The van der Waals surface area contributed by atoms with Gasteiger partial charge < -0.3 is 5.32 Å². The molecule has 2 aromatic rings. The SMILES string of the molecule is CCCc1ccc(S(=O)(=O)NC(=O)c2ccc(F)c(NC(C)=O)c2)cc1. The molecular weight excluding hydrogens is 359 g/mol. The second kappa shape index (κ2) is 8.09. The highest BCUT2D eigenvalue weighted by Gasteiger charge is 2.19. The first-order valence-corrected chi connectivity index (χ1v) is 9.44. The molecule has 0 spiro atoms. The van der Waals surface area contributed by atoms with Crippen LogP contribution in [0.2, 0.25) is 0 Å². The van der Waals surface area contributed by atoms with E-state index in [0.29, 0.717) is 0 Å². The molecular formula is C18H19FN2O4S. The first-order valence-electron chi connectivity index (χ1n) is 7.96. The largest absolute Gasteiger partial charge is 0.324 e. The maximum absolute atomic E-state index is 13.6. The molecule has 0 saturated carbocycles. The number of anilines is 1. The van der Waals surface area contributed by atoms with Crippen molar-refractivity contribution in [2.24, 2.45) is 0 Å². The molecule has 0 heterocycles. The molecule has 0 radical (unpaired) electrons. The maximum Gasteiger partial charge on any atom is 0.265 e. The van der Waals surface area contributed by atoms with E-state index in [1.54, 1.807) is 12.1 Å². The Hall–Kier alpha value is -2.74. The number of hydrogen-bond acceptors (Lipinski definition) is 4. The molecule has 6 nitrogen and oxygen atoms in total. The monoisotopic (exact) mass is 378 g/mol. The molecule has 0 aliphatic carbocycles. The summed E-state index contributed by atoms with van der Waals surface area (Å²) >= 11 is 0. The Kier molecular flexibility index (Phi) is 6.10. The maximum atomic E-state index is 13.6. The third-order valence-electron chi connectivity index (χ3n) is 3.54. The van der Waals surface area contributed by atoms with E-state index in [9.17, 15) is 22.4 Å². The van der Waals surface area contributed by atoms with Gasteiger partial charge in [-0.1, -0.05) is 25.5 Å². The van der Waals surface area contributed by atoms with Gasteiger partial charge in [0.15, 0.2) is 0 Å². The first-order chi connectivity index (χ1) is 12.2. The number of benzene rings is 2. The van der Waals surface area contributed by atoms with E-state index in [1.807, 2.05) is 11.6 Å². The molecule has 2 aromatic carbocycles. The van der Waals surface area contributed by atoms with E-state index in [0.717, 1.165) is 36.6 Å². The fourth-order valence-corrected chi connectivity index (χ4v) is 3.29. The van der Waals surface area contributed by atoms with Gasteiger partial charge in [0.25, 0.3) is 15.9 Å². The Morgan fingerprint density at radius 2 is 1.73 bits per heavy atom. The van der Waals surface area contributed by atoms with Crippen LogP contribution in [0, 0.1) is 5.82 Å². The molecule has 0 saturated heterocycles. The van der Waals surface area contributed by atoms with Crippen molar-refractivity contribution in [1.82, 2.24) is 4.72 Å². The fraction of sp³-hybridized carbons (Fsp3) is 0.222. The molecule has 2 rings (SSSR count). The molecule has 138 valence electrons. The zero-order chi connectivity index (χ0) is 19.3. The predicted molar refractivity (Wildman–Crippen MR) is 95.8 cm³/mol. The van der Waals surface area contributed by atoms with Crippen molar-refractivity contribution in [3.05, 3.63) is 59.4 Å². The average Bonchev–Trinajstić information content (AvgIpc) is 2.57. The van der Waals surface area contributed by atoms with E-state index >= 15 is 0 Å². The molecule has 2 amide bonds. The number of halogens is 1. The van der Waals surface area contributed by atoms with Gasteiger partial charge in [-0.25, -0.2) is 17.5 Å². The second-order valence-electron chi connectivity index (χ2n) is 5.70. The molecule has 0 unspecified atom stereocenters. The van der Waals surface area contributed by atoms with E-state index in [-0.39, 0.29) is 16.1 Å². The number of amides is 2. The summed E-state index contributed by atoms with van der Waals surface area (Å²) in [5, 5.41) is 2.24. The number of aryl methyl sites for hydroxylation is 1. The zero-order valence-electron chi connectivity index (χ0n) is 14.4. The van der Waals surface area contributed by atoms with Crippen LogP contribution in [0.25, 0.3) is 0 Å². The summed E-state index contributed by atoms with van der Waals surface area (Å²) < 4.78 is 40.2. The van der Waals surface area contributed by atoms with Crippen molar-refractivity contribution in [2.75, 3.05) is 5.32 Å². The van der Waals surface area contributed by atoms with Crippen molar-refractivity contribution >= 4 is 27.5 Å². The summed E-state index contributed by atoms with van der Waals surface area (Å²) in [5.41, 5.74) is 0.698. The third kappa shape index (κ3) is 4.89. The molecule has 8 heteroatoms. The van der Waals surface area contributed by atoms with Gasteiger partial charge in [-0.05, 0) is 42.3 Å². The molecule has 0 aliphatic rings. The van der Waals surface area contributed by atoms with E-state index < -0.39 is 27.7 Å². The summed E-state index contributed by atoms with van der Waals surface area (Å²) in [5.74, 6) is -2.17. The van der Waals surface area contributed by atoms with E-state index in [1.165, 1.54) is 19.1 Å². The molecule has 0 aliphatic heterocycles. The smallest absolute Gasteiger partial charge is 0.265 e. The van der Waals surface area contributed by atoms with Crippen LogP contribution >= 0.6 is 0 Å². The number of sulfonamides is 1. The average molecular weight is 378 g/mol. The normalized spacial score (nSPS) is 11.0. The second-order valence-corrected chi connectivity index (χ2v) is 7.39. The van der Waals surface area contributed by atoms with Crippen molar-refractivity contribution in [1.29, 1.82) is 0 Å². The summed E-state index contributed by atoms with van der Waals surface area (Å²) in [6, 6.07) is 9.42. The highest BCUT2D eigenvalue weighted by atomic mass is 32.2.